The molecule has 0 aliphatic carbocycles. The van der Waals surface area contributed by atoms with Gasteiger partial charge in [-0.3, -0.25) is 29.2 Å². The zero-order valence-corrected chi connectivity index (χ0v) is 19.7. The summed E-state index contributed by atoms with van der Waals surface area (Å²) < 4.78 is 10.7. The minimum absolute atomic E-state index is 0. The number of carbonyl (C=O) groups is 4. The molecule has 0 saturated heterocycles. The van der Waals surface area contributed by atoms with Gasteiger partial charge in [-0.05, 0) is 45.9 Å². The Labute approximate surface area is 193 Å². The fourth-order valence-corrected chi connectivity index (χ4v) is 2.33. The second-order valence-electron chi connectivity index (χ2n) is 6.66. The van der Waals surface area contributed by atoms with Gasteiger partial charge in [0.05, 0.1) is 30.7 Å². The van der Waals surface area contributed by atoms with Crippen molar-refractivity contribution in [3.05, 3.63) is 42.4 Å². The van der Waals surface area contributed by atoms with Crippen molar-refractivity contribution in [1.82, 2.24) is 4.98 Å². The number of aromatic nitrogens is 1. The summed E-state index contributed by atoms with van der Waals surface area (Å²) in [7, 11) is 3.24. The summed E-state index contributed by atoms with van der Waals surface area (Å²) in [5.41, 5.74) is 1.72. The Morgan fingerprint density at radius 2 is 1.39 bits per heavy atom. The number of hydrogen-bond acceptors (Lipinski definition) is 8. The summed E-state index contributed by atoms with van der Waals surface area (Å²) in [5.74, 6) is -0.964. The zero-order valence-electron chi connectivity index (χ0n) is 18.7. The second-order valence-corrected chi connectivity index (χ2v) is 6.66. The summed E-state index contributed by atoms with van der Waals surface area (Å²) in [6.45, 7) is 5.62. The normalized spacial score (nSPS) is 13.2. The van der Waals surface area contributed by atoms with Crippen LogP contribution in [0.25, 0.3) is 0 Å². The van der Waals surface area contributed by atoms with E-state index in [1.165, 1.54) is 27.7 Å². The molecular formula is C22H30N2NiO6. The third-order valence-electron chi connectivity index (χ3n) is 3.62. The Kier molecular flexibility index (Phi) is 16.3. The van der Waals surface area contributed by atoms with Crippen molar-refractivity contribution in [2.75, 3.05) is 14.2 Å². The van der Waals surface area contributed by atoms with E-state index in [-0.39, 0.29) is 52.5 Å². The van der Waals surface area contributed by atoms with Crippen LogP contribution in [0.4, 0.5) is 0 Å². The second kappa shape index (κ2) is 16.4. The summed E-state index contributed by atoms with van der Waals surface area (Å²) in [4.78, 5) is 48.7. The first-order valence-electron chi connectivity index (χ1n) is 9.29. The van der Waals surface area contributed by atoms with E-state index in [1.807, 2.05) is 18.2 Å². The van der Waals surface area contributed by atoms with Crippen molar-refractivity contribution in [1.29, 1.82) is 0 Å². The first kappa shape index (κ1) is 30.8. The van der Waals surface area contributed by atoms with Crippen LogP contribution >= 0.6 is 0 Å². The van der Waals surface area contributed by atoms with Crippen LogP contribution in [0.1, 0.15) is 52.7 Å². The topological polar surface area (TPSA) is 112 Å². The maximum absolute atomic E-state index is 10.0. The van der Waals surface area contributed by atoms with Crippen molar-refractivity contribution in [2.24, 2.45) is 4.99 Å². The number of nitrogens with zero attached hydrogens (tertiary/aromatic N) is 2. The molecule has 0 saturated carbocycles. The maximum atomic E-state index is 10.0. The van der Waals surface area contributed by atoms with E-state index >= 15 is 0 Å². The molecule has 0 radical (unpaired) electrons. The molecule has 1 aliphatic rings. The molecule has 0 spiro atoms. The van der Waals surface area contributed by atoms with E-state index in [0.717, 1.165) is 11.4 Å². The van der Waals surface area contributed by atoms with Crippen molar-refractivity contribution in [3.63, 3.8) is 0 Å². The molecule has 0 amide bonds. The largest absolute Gasteiger partial charge is 0.349 e. The third kappa shape index (κ3) is 14.3. The fraction of sp³-hybridized carbons (Fsp3) is 0.455. The van der Waals surface area contributed by atoms with Crippen molar-refractivity contribution < 1.29 is 45.1 Å². The average molecular weight is 477 g/mol. The molecule has 0 aromatic carbocycles. The molecule has 1 aromatic heterocycles. The first-order chi connectivity index (χ1) is 14.0. The minimum atomic E-state index is -0.714. The Balaban J connectivity index is 0. The van der Waals surface area contributed by atoms with Gasteiger partial charge < -0.3 is 9.47 Å². The van der Waals surface area contributed by atoms with Crippen LogP contribution in [0.5, 0.6) is 0 Å². The SMILES string of the molecule is CC(=O)CC(C)=O.CC(=O)CC(C)=O.COC1(OC)C=CN=C(c2ccccn2)C1.[Ni]. The van der Waals surface area contributed by atoms with Crippen LogP contribution in [0.15, 0.2) is 41.7 Å². The third-order valence-corrected chi connectivity index (χ3v) is 3.62. The van der Waals surface area contributed by atoms with Gasteiger partial charge in [0, 0.05) is 43.1 Å². The molecule has 0 unspecified atom stereocenters. The maximum Gasteiger partial charge on any atom is 0.194 e. The summed E-state index contributed by atoms with van der Waals surface area (Å²) in [6, 6.07) is 5.74. The van der Waals surface area contributed by atoms with Gasteiger partial charge in [0.15, 0.2) is 5.79 Å². The van der Waals surface area contributed by atoms with E-state index in [1.54, 1.807) is 32.7 Å². The van der Waals surface area contributed by atoms with E-state index in [0.29, 0.717) is 6.42 Å². The molecule has 1 aliphatic heterocycles. The van der Waals surface area contributed by atoms with Crippen LogP contribution in [0, 0.1) is 0 Å². The minimum Gasteiger partial charge on any atom is -0.349 e. The molecule has 2 rings (SSSR count). The van der Waals surface area contributed by atoms with Crippen molar-refractivity contribution >= 4 is 28.8 Å². The Morgan fingerprint density at radius 3 is 1.71 bits per heavy atom. The number of ketones is 4. The van der Waals surface area contributed by atoms with Crippen LogP contribution in [-0.2, 0) is 45.1 Å². The van der Waals surface area contributed by atoms with Gasteiger partial charge in [-0.15, -0.1) is 0 Å². The first-order valence-corrected chi connectivity index (χ1v) is 9.29. The van der Waals surface area contributed by atoms with Gasteiger partial charge >= 0.3 is 0 Å². The van der Waals surface area contributed by atoms with Gasteiger partial charge in [0.25, 0.3) is 0 Å². The van der Waals surface area contributed by atoms with E-state index < -0.39 is 5.79 Å². The number of pyridine rings is 1. The van der Waals surface area contributed by atoms with Gasteiger partial charge in [-0.2, -0.15) is 0 Å². The van der Waals surface area contributed by atoms with E-state index in [9.17, 15) is 19.2 Å². The number of methoxy groups -OCH3 is 2. The van der Waals surface area contributed by atoms with Gasteiger partial charge in [0.2, 0.25) is 0 Å². The molecule has 8 nitrogen and oxygen atoms in total. The number of carbonyl (C=O) groups excluding carboxylic acids is 4. The van der Waals surface area contributed by atoms with Crippen LogP contribution in [0.2, 0.25) is 0 Å². The molecule has 0 bridgehead atoms. The molecule has 2 heterocycles. The van der Waals surface area contributed by atoms with E-state index in [2.05, 4.69) is 9.98 Å². The monoisotopic (exact) mass is 476 g/mol. The molecule has 174 valence electrons. The molecular weight excluding hydrogens is 447 g/mol. The smallest absolute Gasteiger partial charge is 0.194 e. The Bertz CT molecular complexity index is 736. The summed E-state index contributed by atoms with van der Waals surface area (Å²) >= 11 is 0. The predicted molar refractivity (Wildman–Crippen MR) is 113 cm³/mol. The number of hydrogen-bond donors (Lipinski definition) is 0. The van der Waals surface area contributed by atoms with Gasteiger partial charge in [-0.25, -0.2) is 0 Å². The predicted octanol–water partition coefficient (Wildman–Crippen LogP) is 2.88. The fourth-order valence-electron chi connectivity index (χ4n) is 2.33. The number of rotatable bonds is 7. The molecule has 1 aromatic rings. The molecule has 0 atom stereocenters. The Hall–Kier alpha value is -2.35. The van der Waals surface area contributed by atoms with Crippen LogP contribution in [0.3, 0.4) is 0 Å². The average Bonchev–Trinajstić information content (AvgIpc) is 2.67. The molecule has 0 fully saturated rings. The van der Waals surface area contributed by atoms with Crippen LogP contribution in [-0.4, -0.2) is 53.8 Å². The molecule has 9 heteroatoms. The van der Waals surface area contributed by atoms with E-state index in [4.69, 9.17) is 9.47 Å². The van der Waals surface area contributed by atoms with Crippen molar-refractivity contribution in [3.8, 4) is 0 Å². The number of aliphatic imine (C=N–C) groups is 1. The summed E-state index contributed by atoms with van der Waals surface area (Å²) in [5, 5.41) is 0. The molecule has 31 heavy (non-hydrogen) atoms. The number of Topliss-reactive ketones (excluding diaryl/α,β-unsaturated/α-hetero) is 4. The van der Waals surface area contributed by atoms with Crippen molar-refractivity contribution in [2.45, 2.75) is 52.7 Å². The van der Waals surface area contributed by atoms with Gasteiger partial charge in [0.1, 0.15) is 23.1 Å². The Morgan fingerprint density at radius 1 is 0.903 bits per heavy atom. The standard InChI is InChI=1S/C12H14N2O2.2C5H8O2.Ni/c1-15-12(16-2)6-8-14-11(9-12)10-5-3-4-7-13-10;2*1-4(6)3-5(2)7;/h3-8H,9H2,1-2H3;2*3H2,1-2H3;. The quantitative estimate of drug-likeness (QED) is 0.337. The van der Waals surface area contributed by atoms with Crippen LogP contribution < -0.4 is 0 Å². The zero-order chi connectivity index (χ0) is 23.2. The molecule has 0 N–H and O–H groups in total. The van der Waals surface area contributed by atoms with Gasteiger partial charge in [-0.1, -0.05) is 6.07 Å². The number of ether oxygens (including phenoxy) is 2. The summed E-state index contributed by atoms with van der Waals surface area (Å²) in [6.07, 6.45) is 5.98.